The normalized spacial score (nSPS) is 17.1. The molecule has 2 nitrogen and oxygen atoms in total. The smallest absolute Gasteiger partial charge is 0.202 e. The Morgan fingerprint density at radius 1 is 1.32 bits per heavy atom. The zero-order chi connectivity index (χ0) is 13.6. The van der Waals surface area contributed by atoms with Crippen LogP contribution in [0.5, 0.6) is 5.75 Å². The van der Waals surface area contributed by atoms with Crippen molar-refractivity contribution in [2.75, 3.05) is 0 Å². The Balaban J connectivity index is 1.95. The first-order valence-corrected chi connectivity index (χ1v) is 7.27. The van der Waals surface area contributed by atoms with Crippen LogP contribution < -0.4 is 4.74 Å². The number of benzene rings is 1. The van der Waals surface area contributed by atoms with Crippen LogP contribution in [-0.4, -0.2) is 11.9 Å². The second kappa shape index (κ2) is 4.49. The second-order valence-corrected chi connectivity index (χ2v) is 6.39. The Morgan fingerprint density at radius 3 is 2.79 bits per heavy atom. The van der Waals surface area contributed by atoms with Crippen LogP contribution in [0.25, 0.3) is 0 Å². The SMILES string of the molecule is Cc1cc(C(=O)c2ccc3c(c2)CC(C)O3)sc1C. The summed E-state index contributed by atoms with van der Waals surface area (Å²) in [7, 11) is 0. The van der Waals surface area contributed by atoms with Gasteiger partial charge >= 0.3 is 0 Å². The molecule has 0 N–H and O–H groups in total. The molecule has 0 spiro atoms. The molecule has 0 saturated carbocycles. The molecule has 2 heterocycles. The molecule has 0 saturated heterocycles. The molecule has 1 aromatic carbocycles. The Kier molecular flexibility index (Phi) is 2.94. The zero-order valence-electron chi connectivity index (χ0n) is 11.3. The number of hydrogen-bond acceptors (Lipinski definition) is 3. The summed E-state index contributed by atoms with van der Waals surface area (Å²) in [5.41, 5.74) is 3.09. The molecule has 3 rings (SSSR count). The average molecular weight is 272 g/mol. The molecule has 0 amide bonds. The van der Waals surface area contributed by atoms with E-state index in [0.29, 0.717) is 0 Å². The molecule has 0 radical (unpaired) electrons. The lowest BCUT2D eigenvalue weighted by molar-refractivity contribution is 0.104. The van der Waals surface area contributed by atoms with E-state index < -0.39 is 0 Å². The molecular weight excluding hydrogens is 256 g/mol. The summed E-state index contributed by atoms with van der Waals surface area (Å²) in [4.78, 5) is 14.5. The van der Waals surface area contributed by atoms with Crippen LogP contribution in [0.4, 0.5) is 0 Å². The van der Waals surface area contributed by atoms with E-state index in [9.17, 15) is 4.79 Å². The number of carbonyl (C=O) groups is 1. The Labute approximate surface area is 117 Å². The van der Waals surface area contributed by atoms with E-state index >= 15 is 0 Å². The summed E-state index contributed by atoms with van der Waals surface area (Å²) >= 11 is 1.57. The average Bonchev–Trinajstić information content (AvgIpc) is 2.90. The number of ether oxygens (including phenoxy) is 1. The highest BCUT2D eigenvalue weighted by Gasteiger charge is 2.21. The summed E-state index contributed by atoms with van der Waals surface area (Å²) in [6, 6.07) is 7.74. The van der Waals surface area contributed by atoms with Crippen LogP contribution in [0.15, 0.2) is 24.3 Å². The number of hydrogen-bond donors (Lipinski definition) is 0. The summed E-state index contributed by atoms with van der Waals surface area (Å²) in [5, 5.41) is 0. The van der Waals surface area contributed by atoms with Crippen LogP contribution in [-0.2, 0) is 6.42 Å². The van der Waals surface area contributed by atoms with Gasteiger partial charge in [-0.25, -0.2) is 0 Å². The third-order valence-corrected chi connectivity index (χ3v) is 4.70. The van der Waals surface area contributed by atoms with Crippen molar-refractivity contribution in [2.45, 2.75) is 33.3 Å². The third kappa shape index (κ3) is 2.19. The minimum Gasteiger partial charge on any atom is -0.490 e. The van der Waals surface area contributed by atoms with E-state index in [2.05, 4.69) is 6.92 Å². The summed E-state index contributed by atoms with van der Waals surface area (Å²) in [6.07, 6.45) is 1.10. The quantitative estimate of drug-likeness (QED) is 0.775. The first kappa shape index (κ1) is 12.4. The van der Waals surface area contributed by atoms with Crippen molar-refractivity contribution in [3.8, 4) is 5.75 Å². The number of fused-ring (bicyclic) bond motifs is 1. The van der Waals surface area contributed by atoms with Crippen molar-refractivity contribution in [1.29, 1.82) is 0 Å². The van der Waals surface area contributed by atoms with E-state index in [1.807, 2.05) is 38.1 Å². The lowest BCUT2D eigenvalue weighted by atomic mass is 10.0. The van der Waals surface area contributed by atoms with Gasteiger partial charge in [-0.15, -0.1) is 11.3 Å². The van der Waals surface area contributed by atoms with Crippen LogP contribution in [0.1, 0.15) is 38.2 Å². The minimum absolute atomic E-state index is 0.114. The Hall–Kier alpha value is -1.61. The van der Waals surface area contributed by atoms with Crippen molar-refractivity contribution in [3.63, 3.8) is 0 Å². The monoisotopic (exact) mass is 272 g/mol. The maximum atomic E-state index is 12.5. The van der Waals surface area contributed by atoms with E-state index in [0.717, 1.165) is 28.2 Å². The number of carbonyl (C=O) groups excluding carboxylic acids is 1. The maximum absolute atomic E-state index is 12.5. The molecule has 19 heavy (non-hydrogen) atoms. The summed E-state index contributed by atoms with van der Waals surface area (Å²) < 4.78 is 5.66. The van der Waals surface area contributed by atoms with Crippen LogP contribution in [0.2, 0.25) is 0 Å². The number of rotatable bonds is 2. The fraction of sp³-hybridized carbons (Fsp3) is 0.312. The molecule has 0 bridgehead atoms. The summed E-state index contributed by atoms with van der Waals surface area (Å²) in [5.74, 6) is 1.03. The van der Waals surface area contributed by atoms with E-state index in [1.54, 1.807) is 11.3 Å². The molecule has 98 valence electrons. The van der Waals surface area contributed by atoms with Gasteiger partial charge in [0, 0.05) is 16.9 Å². The highest BCUT2D eigenvalue weighted by Crippen LogP contribution is 2.31. The highest BCUT2D eigenvalue weighted by molar-refractivity contribution is 7.14. The molecule has 3 heteroatoms. The first-order chi connectivity index (χ1) is 9.04. The van der Waals surface area contributed by atoms with E-state index in [1.165, 1.54) is 10.4 Å². The van der Waals surface area contributed by atoms with Gasteiger partial charge in [-0.3, -0.25) is 4.79 Å². The topological polar surface area (TPSA) is 26.3 Å². The predicted octanol–water partition coefficient (Wildman–Crippen LogP) is 3.92. The Bertz CT molecular complexity index is 635. The fourth-order valence-electron chi connectivity index (χ4n) is 2.39. The highest BCUT2D eigenvalue weighted by atomic mass is 32.1. The minimum atomic E-state index is 0.114. The van der Waals surface area contributed by atoms with Crippen molar-refractivity contribution < 1.29 is 9.53 Å². The zero-order valence-corrected chi connectivity index (χ0v) is 12.1. The van der Waals surface area contributed by atoms with Gasteiger partial charge in [-0.2, -0.15) is 0 Å². The summed E-state index contributed by atoms with van der Waals surface area (Å²) in [6.45, 7) is 6.14. The van der Waals surface area contributed by atoms with E-state index in [-0.39, 0.29) is 11.9 Å². The lowest BCUT2D eigenvalue weighted by Crippen LogP contribution is -2.05. The van der Waals surface area contributed by atoms with Crippen molar-refractivity contribution in [1.82, 2.24) is 0 Å². The second-order valence-electron chi connectivity index (χ2n) is 5.13. The molecule has 0 aliphatic carbocycles. The molecule has 0 fully saturated rings. The van der Waals surface area contributed by atoms with Gasteiger partial charge in [-0.05, 0) is 56.2 Å². The van der Waals surface area contributed by atoms with Gasteiger partial charge < -0.3 is 4.74 Å². The molecule has 1 aliphatic rings. The van der Waals surface area contributed by atoms with Gasteiger partial charge in [0.15, 0.2) is 0 Å². The molecular formula is C16H16O2S. The van der Waals surface area contributed by atoms with Crippen LogP contribution >= 0.6 is 11.3 Å². The van der Waals surface area contributed by atoms with Gasteiger partial charge in [0.1, 0.15) is 11.9 Å². The van der Waals surface area contributed by atoms with Crippen molar-refractivity contribution in [3.05, 3.63) is 50.7 Å². The van der Waals surface area contributed by atoms with Gasteiger partial charge in [-0.1, -0.05) is 0 Å². The standard InChI is InChI=1S/C16H16O2S/c1-9-6-15(19-11(9)3)16(17)12-4-5-14-13(8-12)7-10(2)18-14/h4-6,8,10H,7H2,1-3H3. The lowest BCUT2D eigenvalue weighted by Gasteiger charge is -2.03. The molecule has 1 unspecified atom stereocenters. The van der Waals surface area contributed by atoms with Gasteiger partial charge in [0.05, 0.1) is 4.88 Å². The van der Waals surface area contributed by atoms with E-state index in [4.69, 9.17) is 4.74 Å². The molecule has 2 aromatic rings. The first-order valence-electron chi connectivity index (χ1n) is 6.46. The number of thiophene rings is 1. The van der Waals surface area contributed by atoms with Crippen molar-refractivity contribution >= 4 is 17.1 Å². The van der Waals surface area contributed by atoms with Gasteiger partial charge in [0.2, 0.25) is 5.78 Å². The maximum Gasteiger partial charge on any atom is 0.202 e. The number of aryl methyl sites for hydroxylation is 2. The predicted molar refractivity (Wildman–Crippen MR) is 77.5 cm³/mol. The number of ketones is 1. The molecule has 1 aliphatic heterocycles. The Morgan fingerprint density at radius 2 is 2.11 bits per heavy atom. The van der Waals surface area contributed by atoms with Crippen LogP contribution in [0.3, 0.4) is 0 Å². The molecule has 1 atom stereocenters. The third-order valence-electron chi connectivity index (χ3n) is 3.55. The fourth-order valence-corrected chi connectivity index (χ4v) is 3.39. The largest absolute Gasteiger partial charge is 0.490 e. The van der Waals surface area contributed by atoms with Gasteiger partial charge in [0.25, 0.3) is 0 Å². The van der Waals surface area contributed by atoms with Crippen LogP contribution in [0, 0.1) is 13.8 Å². The molecule has 1 aromatic heterocycles. The van der Waals surface area contributed by atoms with Crippen molar-refractivity contribution in [2.24, 2.45) is 0 Å².